The molecule has 1 aromatic heterocycles. The molecular formula is C8H7F3INO2. The molecule has 0 unspecified atom stereocenters. The van der Waals surface area contributed by atoms with Crippen LogP contribution >= 0.6 is 22.6 Å². The Morgan fingerprint density at radius 1 is 1.40 bits per heavy atom. The number of aromatic nitrogens is 1. The summed E-state index contributed by atoms with van der Waals surface area (Å²) in [7, 11) is 1.23. The van der Waals surface area contributed by atoms with Gasteiger partial charge >= 0.3 is 6.36 Å². The Hall–Kier alpha value is -0.730. The van der Waals surface area contributed by atoms with Crippen molar-refractivity contribution in [3.05, 3.63) is 15.3 Å². The van der Waals surface area contributed by atoms with Crippen LogP contribution in [0.25, 0.3) is 0 Å². The van der Waals surface area contributed by atoms with E-state index in [1.165, 1.54) is 13.3 Å². The van der Waals surface area contributed by atoms with Crippen molar-refractivity contribution in [2.75, 3.05) is 7.11 Å². The molecule has 0 aliphatic heterocycles. The van der Waals surface area contributed by atoms with Crippen LogP contribution in [0, 0.1) is 10.5 Å². The summed E-state index contributed by atoms with van der Waals surface area (Å²) in [6, 6.07) is 0. The highest BCUT2D eigenvalue weighted by Gasteiger charge is 2.34. The number of nitrogens with zero attached hydrogens (tertiary/aromatic N) is 1. The maximum Gasteiger partial charge on any atom is 0.573 e. The quantitative estimate of drug-likeness (QED) is 0.780. The molecule has 0 aliphatic rings. The van der Waals surface area contributed by atoms with Gasteiger partial charge in [-0.3, -0.25) is 0 Å². The van der Waals surface area contributed by atoms with Gasteiger partial charge in [-0.25, -0.2) is 4.98 Å². The lowest BCUT2D eigenvalue weighted by molar-refractivity contribution is -0.275. The number of hydrogen-bond donors (Lipinski definition) is 0. The molecule has 0 aliphatic carbocycles. The second-order valence-electron chi connectivity index (χ2n) is 2.64. The summed E-state index contributed by atoms with van der Waals surface area (Å²) in [5.74, 6) is -0.576. The van der Waals surface area contributed by atoms with Crippen molar-refractivity contribution < 1.29 is 22.6 Å². The van der Waals surface area contributed by atoms with Gasteiger partial charge in [0.1, 0.15) is 0 Å². The van der Waals surface area contributed by atoms with Crippen molar-refractivity contribution in [1.82, 2.24) is 4.98 Å². The van der Waals surface area contributed by atoms with Gasteiger partial charge in [0.25, 0.3) is 5.88 Å². The first kappa shape index (κ1) is 12.3. The first-order valence-corrected chi connectivity index (χ1v) is 4.88. The maximum absolute atomic E-state index is 12.1. The smallest absolute Gasteiger partial charge is 0.478 e. The van der Waals surface area contributed by atoms with Crippen LogP contribution in [0.2, 0.25) is 0 Å². The summed E-state index contributed by atoms with van der Waals surface area (Å²) < 4.78 is 45.0. The number of methoxy groups -OCH3 is 1. The fourth-order valence-corrected chi connectivity index (χ4v) is 1.37. The van der Waals surface area contributed by atoms with E-state index in [-0.39, 0.29) is 5.88 Å². The molecule has 15 heavy (non-hydrogen) atoms. The molecular weight excluding hydrogens is 326 g/mol. The van der Waals surface area contributed by atoms with Gasteiger partial charge in [0.2, 0.25) is 5.75 Å². The number of halogens is 4. The predicted molar refractivity (Wildman–Crippen MR) is 54.9 cm³/mol. The molecule has 0 N–H and O–H groups in total. The zero-order chi connectivity index (χ0) is 11.6. The zero-order valence-corrected chi connectivity index (χ0v) is 10.0. The lowest BCUT2D eigenvalue weighted by Crippen LogP contribution is -2.19. The molecule has 0 amide bonds. The second-order valence-corrected chi connectivity index (χ2v) is 3.72. The Labute approximate surface area is 97.7 Å². The Bertz CT molecular complexity index is 368. The Morgan fingerprint density at radius 2 is 2.00 bits per heavy atom. The molecule has 0 bridgehead atoms. The predicted octanol–water partition coefficient (Wildman–Crippen LogP) is 2.90. The number of alkyl halides is 3. The van der Waals surface area contributed by atoms with Gasteiger partial charge in [-0.2, -0.15) is 0 Å². The van der Waals surface area contributed by atoms with Crippen LogP contribution < -0.4 is 9.47 Å². The average Bonchev–Trinajstić information content (AvgIpc) is 2.11. The van der Waals surface area contributed by atoms with Gasteiger partial charge in [0.15, 0.2) is 0 Å². The maximum atomic E-state index is 12.1. The average molecular weight is 333 g/mol. The molecule has 0 radical (unpaired) electrons. The highest BCUT2D eigenvalue weighted by molar-refractivity contribution is 14.1. The molecule has 0 fully saturated rings. The van der Waals surface area contributed by atoms with Crippen molar-refractivity contribution in [1.29, 1.82) is 0 Å². The lowest BCUT2D eigenvalue weighted by Gasteiger charge is -2.14. The third kappa shape index (κ3) is 3.11. The molecule has 0 aromatic carbocycles. The van der Waals surface area contributed by atoms with Gasteiger partial charge in [0.05, 0.1) is 10.7 Å². The first-order chi connectivity index (χ1) is 6.85. The molecule has 1 aromatic rings. The molecule has 0 saturated heterocycles. The summed E-state index contributed by atoms with van der Waals surface area (Å²) in [6.45, 7) is 1.64. The number of ether oxygens (including phenoxy) is 2. The van der Waals surface area contributed by atoms with E-state index < -0.39 is 12.1 Å². The van der Waals surface area contributed by atoms with Crippen molar-refractivity contribution in [2.24, 2.45) is 0 Å². The molecule has 1 heterocycles. The zero-order valence-electron chi connectivity index (χ0n) is 7.85. The van der Waals surface area contributed by atoms with Crippen LogP contribution in [0.1, 0.15) is 5.56 Å². The third-order valence-electron chi connectivity index (χ3n) is 1.53. The molecule has 84 valence electrons. The molecule has 7 heteroatoms. The van der Waals surface area contributed by atoms with Crippen LogP contribution in [-0.2, 0) is 0 Å². The van der Waals surface area contributed by atoms with Crippen molar-refractivity contribution in [3.8, 4) is 11.6 Å². The SMILES string of the molecule is COc1ncc(C)c(I)c1OC(F)(F)F. The van der Waals surface area contributed by atoms with Gasteiger partial charge < -0.3 is 9.47 Å². The first-order valence-electron chi connectivity index (χ1n) is 3.80. The molecule has 1 rings (SSSR count). The summed E-state index contributed by atoms with van der Waals surface area (Å²) in [6.07, 6.45) is -3.33. The molecule has 0 saturated carbocycles. The fourth-order valence-electron chi connectivity index (χ4n) is 0.893. The highest BCUT2D eigenvalue weighted by Crippen LogP contribution is 2.35. The van der Waals surface area contributed by atoms with E-state index in [0.29, 0.717) is 9.13 Å². The van der Waals surface area contributed by atoms with E-state index >= 15 is 0 Å². The lowest BCUT2D eigenvalue weighted by atomic mass is 10.3. The summed E-state index contributed by atoms with van der Waals surface area (Å²) in [5, 5.41) is 0. The van der Waals surface area contributed by atoms with Gasteiger partial charge in [-0.1, -0.05) is 0 Å². The Balaban J connectivity index is 3.18. The largest absolute Gasteiger partial charge is 0.573 e. The van der Waals surface area contributed by atoms with Gasteiger partial charge in [-0.05, 0) is 35.1 Å². The van der Waals surface area contributed by atoms with Crippen molar-refractivity contribution in [2.45, 2.75) is 13.3 Å². The minimum Gasteiger partial charge on any atom is -0.478 e. The van der Waals surface area contributed by atoms with Crippen LogP contribution in [0.4, 0.5) is 13.2 Å². The van der Waals surface area contributed by atoms with E-state index in [0.717, 1.165) is 0 Å². The number of rotatable bonds is 2. The molecule has 0 atom stereocenters. The summed E-state index contributed by atoms with van der Waals surface area (Å²) in [4.78, 5) is 3.69. The van der Waals surface area contributed by atoms with E-state index in [1.54, 1.807) is 29.5 Å². The monoisotopic (exact) mass is 333 g/mol. The minimum atomic E-state index is -4.75. The van der Waals surface area contributed by atoms with Gasteiger partial charge in [0, 0.05) is 6.20 Å². The topological polar surface area (TPSA) is 31.4 Å². The van der Waals surface area contributed by atoms with E-state index in [4.69, 9.17) is 0 Å². The number of aryl methyl sites for hydroxylation is 1. The van der Waals surface area contributed by atoms with Crippen LogP contribution in [0.15, 0.2) is 6.20 Å². The van der Waals surface area contributed by atoms with E-state index in [2.05, 4.69) is 14.5 Å². The van der Waals surface area contributed by atoms with Crippen LogP contribution in [-0.4, -0.2) is 18.5 Å². The van der Waals surface area contributed by atoms with Gasteiger partial charge in [-0.15, -0.1) is 13.2 Å². The fraction of sp³-hybridized carbons (Fsp3) is 0.375. The third-order valence-corrected chi connectivity index (χ3v) is 2.87. The van der Waals surface area contributed by atoms with Crippen LogP contribution in [0.5, 0.6) is 11.6 Å². The number of hydrogen-bond acceptors (Lipinski definition) is 3. The minimum absolute atomic E-state index is 0.178. The van der Waals surface area contributed by atoms with Crippen molar-refractivity contribution >= 4 is 22.6 Å². The van der Waals surface area contributed by atoms with Crippen LogP contribution in [0.3, 0.4) is 0 Å². The Kier molecular flexibility index (Phi) is 3.63. The van der Waals surface area contributed by atoms with E-state index in [1.807, 2.05) is 0 Å². The molecule has 3 nitrogen and oxygen atoms in total. The summed E-state index contributed by atoms with van der Waals surface area (Å²) >= 11 is 1.75. The van der Waals surface area contributed by atoms with Crippen molar-refractivity contribution in [3.63, 3.8) is 0 Å². The second kappa shape index (κ2) is 4.42. The Morgan fingerprint density at radius 3 is 2.47 bits per heavy atom. The van der Waals surface area contributed by atoms with E-state index in [9.17, 15) is 13.2 Å². The normalized spacial score (nSPS) is 11.3. The standard InChI is InChI=1S/C8H7F3INO2/c1-4-3-13-7(14-2)6(5(4)12)15-8(9,10)11/h3H,1-2H3. The highest BCUT2D eigenvalue weighted by atomic mass is 127. The number of pyridine rings is 1. The molecule has 0 spiro atoms. The summed E-state index contributed by atoms with van der Waals surface area (Å²) in [5.41, 5.74) is 0.593.